The first-order valence-corrected chi connectivity index (χ1v) is 15.3. The molecule has 3 aromatic heterocycles. The van der Waals surface area contributed by atoms with E-state index < -0.39 is 63.0 Å². The minimum absolute atomic E-state index is 0.0817. The SMILES string of the molecule is C#Cc1cnc(O[C@H]2C[C@@H](C(=O)O)N(c3nc(C(F)(F)F)nc4c3oc3ccccc34)C2)c([C@]2(F)CCS(=O)(=O)C[C@H]2C)c1. The van der Waals surface area contributed by atoms with Crippen molar-refractivity contribution in [3.8, 4) is 18.2 Å². The largest absolute Gasteiger partial charge is 0.480 e. The third-order valence-corrected chi connectivity index (χ3v) is 9.92. The summed E-state index contributed by atoms with van der Waals surface area (Å²) in [4.78, 5) is 25.1. The third kappa shape index (κ3) is 5.06. The molecule has 230 valence electrons. The van der Waals surface area contributed by atoms with Crippen molar-refractivity contribution in [2.24, 2.45) is 5.92 Å². The molecule has 0 aliphatic carbocycles. The van der Waals surface area contributed by atoms with Crippen LogP contribution in [0.15, 0.2) is 40.9 Å². The molecule has 4 aromatic rings. The molecule has 2 fully saturated rings. The van der Waals surface area contributed by atoms with Gasteiger partial charge in [-0.25, -0.2) is 32.6 Å². The van der Waals surface area contributed by atoms with Crippen LogP contribution in [0.2, 0.25) is 0 Å². The van der Waals surface area contributed by atoms with Gasteiger partial charge in [0.1, 0.15) is 28.9 Å². The summed E-state index contributed by atoms with van der Waals surface area (Å²) >= 11 is 0. The fourth-order valence-corrected chi connectivity index (χ4v) is 7.68. The van der Waals surface area contributed by atoms with E-state index in [0.717, 1.165) is 4.90 Å². The van der Waals surface area contributed by atoms with Crippen LogP contribution in [0.25, 0.3) is 22.1 Å². The number of hydrogen-bond donors (Lipinski definition) is 1. The van der Waals surface area contributed by atoms with E-state index in [1.807, 2.05) is 0 Å². The van der Waals surface area contributed by atoms with Crippen LogP contribution in [0.1, 0.15) is 36.7 Å². The molecule has 4 atom stereocenters. The number of aromatic nitrogens is 3. The Morgan fingerprint density at radius 2 is 2.02 bits per heavy atom. The van der Waals surface area contributed by atoms with Crippen molar-refractivity contribution >= 4 is 43.7 Å². The normalized spacial score (nSPS) is 25.3. The lowest BCUT2D eigenvalue weighted by atomic mass is 9.82. The average molecular weight is 633 g/mol. The topological polar surface area (TPSA) is 136 Å². The zero-order valence-corrected chi connectivity index (χ0v) is 23.8. The molecule has 44 heavy (non-hydrogen) atoms. The zero-order chi connectivity index (χ0) is 31.6. The molecule has 15 heteroatoms. The van der Waals surface area contributed by atoms with E-state index in [0.29, 0.717) is 0 Å². The van der Waals surface area contributed by atoms with Crippen LogP contribution in [0.3, 0.4) is 0 Å². The number of terminal acetylenes is 1. The molecule has 2 aliphatic heterocycles. The number of pyridine rings is 1. The molecule has 6 rings (SSSR count). The van der Waals surface area contributed by atoms with Crippen LogP contribution in [-0.2, 0) is 26.5 Å². The van der Waals surface area contributed by atoms with Crippen molar-refractivity contribution in [1.29, 1.82) is 0 Å². The minimum Gasteiger partial charge on any atom is -0.480 e. The van der Waals surface area contributed by atoms with Crippen LogP contribution < -0.4 is 9.64 Å². The number of para-hydroxylation sites is 1. The van der Waals surface area contributed by atoms with Gasteiger partial charge in [0.25, 0.3) is 0 Å². The van der Waals surface area contributed by atoms with Crippen molar-refractivity contribution in [1.82, 2.24) is 15.0 Å². The van der Waals surface area contributed by atoms with Gasteiger partial charge in [-0.05, 0) is 18.2 Å². The van der Waals surface area contributed by atoms with Crippen LogP contribution in [-0.4, -0.2) is 64.6 Å². The van der Waals surface area contributed by atoms with Crippen molar-refractivity contribution < 1.29 is 45.0 Å². The van der Waals surface area contributed by atoms with Gasteiger partial charge in [0.15, 0.2) is 21.2 Å². The van der Waals surface area contributed by atoms with E-state index in [4.69, 9.17) is 15.6 Å². The number of anilines is 1. The molecule has 10 nitrogen and oxygen atoms in total. The molecule has 0 amide bonds. The van der Waals surface area contributed by atoms with E-state index >= 15 is 4.39 Å². The van der Waals surface area contributed by atoms with E-state index in [2.05, 4.69) is 20.9 Å². The number of rotatable bonds is 5. The second-order valence-corrected chi connectivity index (χ2v) is 13.2. The van der Waals surface area contributed by atoms with Crippen LogP contribution in [0, 0.1) is 18.3 Å². The molecule has 2 saturated heterocycles. The molecule has 1 N–H and O–H groups in total. The maximum Gasteiger partial charge on any atom is 0.451 e. The number of carboxylic acid groups (broad SMARTS) is 1. The van der Waals surface area contributed by atoms with E-state index in [1.54, 1.807) is 12.1 Å². The molecular formula is C29H24F4N4O6S. The summed E-state index contributed by atoms with van der Waals surface area (Å²) < 4.78 is 94.5. The van der Waals surface area contributed by atoms with Gasteiger partial charge < -0.3 is 19.2 Å². The van der Waals surface area contributed by atoms with Crippen LogP contribution in [0.4, 0.5) is 23.4 Å². The molecule has 0 spiro atoms. The van der Waals surface area contributed by atoms with Gasteiger partial charge in [0.05, 0.1) is 23.6 Å². The van der Waals surface area contributed by atoms with E-state index in [1.165, 1.54) is 31.3 Å². The van der Waals surface area contributed by atoms with Crippen LogP contribution >= 0.6 is 0 Å². The van der Waals surface area contributed by atoms with Crippen molar-refractivity contribution in [2.75, 3.05) is 23.0 Å². The lowest BCUT2D eigenvalue weighted by Gasteiger charge is -2.36. The summed E-state index contributed by atoms with van der Waals surface area (Å²) in [6.45, 7) is 1.17. The first kappa shape index (κ1) is 29.6. The molecular weight excluding hydrogens is 608 g/mol. The number of fused-ring (bicyclic) bond motifs is 3. The number of furan rings is 1. The highest BCUT2D eigenvalue weighted by Gasteiger charge is 2.48. The third-order valence-electron chi connectivity index (χ3n) is 8.08. The highest BCUT2D eigenvalue weighted by atomic mass is 32.2. The van der Waals surface area contributed by atoms with Gasteiger partial charge in [0, 0.05) is 35.9 Å². The van der Waals surface area contributed by atoms with Crippen molar-refractivity contribution in [3.63, 3.8) is 0 Å². The lowest BCUT2D eigenvalue weighted by molar-refractivity contribution is -0.144. The monoisotopic (exact) mass is 632 g/mol. The molecule has 0 bridgehead atoms. The Kier molecular flexibility index (Phi) is 6.95. The van der Waals surface area contributed by atoms with Crippen LogP contribution in [0.5, 0.6) is 5.88 Å². The number of alkyl halides is 4. The number of hydrogen-bond acceptors (Lipinski definition) is 9. The number of benzene rings is 1. The summed E-state index contributed by atoms with van der Waals surface area (Å²) in [7, 11) is -3.47. The van der Waals surface area contributed by atoms with Gasteiger partial charge in [-0.15, -0.1) is 6.42 Å². The average Bonchev–Trinajstić information content (AvgIpc) is 3.56. The Morgan fingerprint density at radius 1 is 1.27 bits per heavy atom. The summed E-state index contributed by atoms with van der Waals surface area (Å²) in [5.74, 6) is -2.88. The van der Waals surface area contributed by atoms with Crippen molar-refractivity contribution in [3.05, 3.63) is 53.5 Å². The number of nitrogens with zero attached hydrogens (tertiary/aromatic N) is 4. The fraction of sp³-hybridized carbons (Fsp3) is 0.379. The quantitative estimate of drug-likeness (QED) is 0.247. The predicted octanol–water partition coefficient (Wildman–Crippen LogP) is 4.50. The highest BCUT2D eigenvalue weighted by molar-refractivity contribution is 7.91. The Morgan fingerprint density at radius 3 is 2.70 bits per heavy atom. The Hall–Kier alpha value is -4.45. The predicted molar refractivity (Wildman–Crippen MR) is 150 cm³/mol. The number of aliphatic carboxylic acids is 1. The number of carbonyl (C=O) groups is 1. The maximum atomic E-state index is 16.6. The van der Waals surface area contributed by atoms with Gasteiger partial charge in [0.2, 0.25) is 11.7 Å². The number of sulfone groups is 1. The highest BCUT2D eigenvalue weighted by Crippen LogP contribution is 2.46. The van der Waals surface area contributed by atoms with Gasteiger partial charge >= 0.3 is 12.1 Å². The lowest BCUT2D eigenvalue weighted by Crippen LogP contribution is -2.41. The summed E-state index contributed by atoms with van der Waals surface area (Å²) in [5.41, 5.74) is -2.09. The molecule has 5 heterocycles. The summed E-state index contributed by atoms with van der Waals surface area (Å²) in [6.07, 6.45) is 0.204. The molecule has 0 radical (unpaired) electrons. The molecule has 0 unspecified atom stereocenters. The number of halogens is 4. The smallest absolute Gasteiger partial charge is 0.451 e. The van der Waals surface area contributed by atoms with Gasteiger partial charge in [-0.1, -0.05) is 25.0 Å². The molecule has 2 aliphatic rings. The van der Waals surface area contributed by atoms with Crippen molar-refractivity contribution in [2.45, 2.75) is 43.8 Å². The summed E-state index contributed by atoms with van der Waals surface area (Å²) in [6, 6.07) is 6.23. The van der Waals surface area contributed by atoms with Gasteiger partial charge in [-0.2, -0.15) is 13.2 Å². The molecule has 1 aromatic carbocycles. The standard InChI is InChI=1S/C29H24F4N4O6S/c1-3-16-10-19(28(30)8-9-44(40,41)14-15(28)2)25(34-12-16)42-17-11-20(26(38)39)37(13-17)24-23-22(35-27(36-24)29(31,32)33)18-6-4-5-7-21(18)43-23/h1,4-7,10,12,15,17,20H,8-9,11,13-14H2,2H3,(H,38,39)/t15-,17+,20+,28+/m1/s1. The first-order valence-electron chi connectivity index (χ1n) is 13.5. The minimum atomic E-state index is -4.95. The van der Waals surface area contributed by atoms with E-state index in [-0.39, 0.29) is 64.3 Å². The Balaban J connectivity index is 1.41. The second-order valence-electron chi connectivity index (χ2n) is 11.0. The first-order chi connectivity index (χ1) is 20.7. The Bertz CT molecular complexity index is 1960. The Labute approximate surface area is 248 Å². The second kappa shape index (κ2) is 10.3. The van der Waals surface area contributed by atoms with Gasteiger partial charge in [-0.3, -0.25) is 0 Å². The zero-order valence-electron chi connectivity index (χ0n) is 23.0. The summed E-state index contributed by atoms with van der Waals surface area (Å²) in [5, 5.41) is 10.4. The maximum absolute atomic E-state index is 16.6. The number of ether oxygens (including phenoxy) is 1. The molecule has 0 saturated carbocycles. The fourth-order valence-electron chi connectivity index (χ4n) is 5.88. The number of carboxylic acids is 1. The van der Waals surface area contributed by atoms with E-state index in [9.17, 15) is 31.5 Å².